The molecule has 0 radical (unpaired) electrons. The van der Waals surface area contributed by atoms with Gasteiger partial charge in [-0.05, 0) is 50.5 Å². The second-order valence-corrected chi connectivity index (χ2v) is 5.26. The molecule has 1 aromatic rings. The van der Waals surface area contributed by atoms with Gasteiger partial charge in [-0.15, -0.1) is 0 Å². The Hall–Kier alpha value is -0.820. The van der Waals surface area contributed by atoms with Crippen LogP contribution in [0.5, 0.6) is 0 Å². The summed E-state index contributed by atoms with van der Waals surface area (Å²) >= 11 is 0. The fraction of sp³-hybridized carbons (Fsp3) is 0.625. The van der Waals surface area contributed by atoms with Crippen molar-refractivity contribution in [1.29, 1.82) is 0 Å². The molecule has 94 valence electrons. The predicted molar refractivity (Wildman–Crippen MR) is 72.4 cm³/mol. The lowest BCUT2D eigenvalue weighted by atomic mass is 9.82. The molecular formula is C16H24O. The van der Waals surface area contributed by atoms with Crippen LogP contribution in [0.4, 0.5) is 0 Å². The second kappa shape index (κ2) is 6.20. The van der Waals surface area contributed by atoms with Gasteiger partial charge in [0.2, 0.25) is 0 Å². The molecule has 0 bridgehead atoms. The number of benzene rings is 1. The van der Waals surface area contributed by atoms with Crippen molar-refractivity contribution in [3.63, 3.8) is 0 Å². The Kier molecular flexibility index (Phi) is 4.61. The molecule has 0 N–H and O–H groups in total. The lowest BCUT2D eigenvalue weighted by molar-refractivity contribution is 0.0251. The maximum absolute atomic E-state index is 5.84. The molecular weight excluding hydrogens is 208 g/mol. The highest BCUT2D eigenvalue weighted by molar-refractivity contribution is 5.24. The zero-order valence-electron chi connectivity index (χ0n) is 11.1. The predicted octanol–water partition coefficient (Wildman–Crippen LogP) is 4.45. The zero-order valence-corrected chi connectivity index (χ0v) is 11.1. The van der Waals surface area contributed by atoms with Crippen LogP contribution in [-0.4, -0.2) is 12.7 Å². The summed E-state index contributed by atoms with van der Waals surface area (Å²) in [6.07, 6.45) is 6.71. The molecule has 1 aromatic carbocycles. The Bertz CT molecular complexity index is 320. The minimum atomic E-state index is 0.525. The van der Waals surface area contributed by atoms with Gasteiger partial charge in [0, 0.05) is 6.61 Å². The smallest absolute Gasteiger partial charge is 0.0575 e. The van der Waals surface area contributed by atoms with Gasteiger partial charge in [-0.2, -0.15) is 0 Å². The first kappa shape index (κ1) is 12.6. The normalized spacial score (nSPS) is 24.8. The summed E-state index contributed by atoms with van der Waals surface area (Å²) in [6.45, 7) is 5.26. The van der Waals surface area contributed by atoms with E-state index in [2.05, 4.69) is 38.1 Å². The van der Waals surface area contributed by atoms with Crippen molar-refractivity contribution in [3.05, 3.63) is 35.4 Å². The first-order valence-corrected chi connectivity index (χ1v) is 6.97. The van der Waals surface area contributed by atoms with Gasteiger partial charge >= 0.3 is 0 Å². The first-order valence-electron chi connectivity index (χ1n) is 6.97. The molecule has 1 aliphatic carbocycles. The fourth-order valence-electron chi connectivity index (χ4n) is 2.69. The molecule has 0 unspecified atom stereocenters. The van der Waals surface area contributed by atoms with Crippen LogP contribution < -0.4 is 0 Å². The van der Waals surface area contributed by atoms with Gasteiger partial charge in [0.1, 0.15) is 0 Å². The Balaban J connectivity index is 1.84. The summed E-state index contributed by atoms with van der Waals surface area (Å²) in [7, 11) is 0. The van der Waals surface area contributed by atoms with Crippen LogP contribution in [0, 0.1) is 6.92 Å². The Morgan fingerprint density at radius 3 is 2.29 bits per heavy atom. The number of ether oxygens (including phenoxy) is 1. The van der Waals surface area contributed by atoms with E-state index in [1.54, 1.807) is 0 Å². The monoisotopic (exact) mass is 232 g/mol. The van der Waals surface area contributed by atoms with Gasteiger partial charge in [0.25, 0.3) is 0 Å². The SMILES string of the molecule is CCCOC1CCC(c2ccc(C)cc2)CC1. The molecule has 1 heteroatoms. The highest BCUT2D eigenvalue weighted by atomic mass is 16.5. The fourth-order valence-corrected chi connectivity index (χ4v) is 2.69. The van der Waals surface area contributed by atoms with Gasteiger partial charge in [0.15, 0.2) is 0 Å². The standard InChI is InChI=1S/C16H24O/c1-3-12-17-16-10-8-15(9-11-16)14-6-4-13(2)5-7-14/h4-7,15-16H,3,8-12H2,1-2H3. The van der Waals surface area contributed by atoms with Crippen LogP contribution >= 0.6 is 0 Å². The van der Waals surface area contributed by atoms with Crippen LogP contribution in [0.2, 0.25) is 0 Å². The summed E-state index contributed by atoms with van der Waals surface area (Å²) in [5.74, 6) is 0.761. The summed E-state index contributed by atoms with van der Waals surface area (Å²) in [6, 6.07) is 9.06. The van der Waals surface area contributed by atoms with Crippen molar-refractivity contribution in [2.75, 3.05) is 6.61 Å². The third-order valence-electron chi connectivity index (χ3n) is 3.78. The van der Waals surface area contributed by atoms with E-state index in [9.17, 15) is 0 Å². The molecule has 0 spiro atoms. The molecule has 0 aromatic heterocycles. The Morgan fingerprint density at radius 2 is 1.71 bits per heavy atom. The molecule has 0 saturated heterocycles. The topological polar surface area (TPSA) is 9.23 Å². The first-order chi connectivity index (χ1) is 8.29. The van der Waals surface area contributed by atoms with Gasteiger partial charge in [-0.25, -0.2) is 0 Å². The lowest BCUT2D eigenvalue weighted by Gasteiger charge is -2.28. The van der Waals surface area contributed by atoms with Gasteiger partial charge in [0.05, 0.1) is 6.10 Å². The van der Waals surface area contributed by atoms with E-state index in [0.29, 0.717) is 6.10 Å². The zero-order chi connectivity index (χ0) is 12.1. The number of rotatable bonds is 4. The van der Waals surface area contributed by atoms with Crippen molar-refractivity contribution >= 4 is 0 Å². The highest BCUT2D eigenvalue weighted by Crippen LogP contribution is 2.34. The van der Waals surface area contributed by atoms with Crippen molar-refractivity contribution in [3.8, 4) is 0 Å². The van der Waals surface area contributed by atoms with E-state index < -0.39 is 0 Å². The van der Waals surface area contributed by atoms with Crippen LogP contribution in [0.15, 0.2) is 24.3 Å². The second-order valence-electron chi connectivity index (χ2n) is 5.26. The average Bonchev–Trinajstić information content (AvgIpc) is 2.38. The largest absolute Gasteiger partial charge is 0.378 e. The molecule has 1 saturated carbocycles. The molecule has 17 heavy (non-hydrogen) atoms. The highest BCUT2D eigenvalue weighted by Gasteiger charge is 2.22. The van der Waals surface area contributed by atoms with Crippen LogP contribution in [0.25, 0.3) is 0 Å². The molecule has 1 fully saturated rings. The number of hydrogen-bond donors (Lipinski definition) is 0. The number of hydrogen-bond acceptors (Lipinski definition) is 1. The van der Waals surface area contributed by atoms with E-state index >= 15 is 0 Å². The summed E-state index contributed by atoms with van der Waals surface area (Å²) in [5, 5.41) is 0. The molecule has 2 rings (SSSR count). The van der Waals surface area contributed by atoms with Crippen molar-refractivity contribution in [1.82, 2.24) is 0 Å². The maximum Gasteiger partial charge on any atom is 0.0575 e. The van der Waals surface area contributed by atoms with Crippen molar-refractivity contribution in [2.24, 2.45) is 0 Å². The van der Waals surface area contributed by atoms with E-state index in [0.717, 1.165) is 18.9 Å². The molecule has 0 amide bonds. The molecule has 1 nitrogen and oxygen atoms in total. The molecule has 1 aliphatic rings. The van der Waals surface area contributed by atoms with Crippen LogP contribution in [0.3, 0.4) is 0 Å². The van der Waals surface area contributed by atoms with Gasteiger partial charge in [-0.3, -0.25) is 0 Å². The summed E-state index contributed by atoms with van der Waals surface area (Å²) in [4.78, 5) is 0. The Labute approximate surface area is 105 Å². The minimum Gasteiger partial charge on any atom is -0.378 e. The molecule has 0 aliphatic heterocycles. The van der Waals surface area contributed by atoms with Crippen molar-refractivity contribution < 1.29 is 4.74 Å². The quantitative estimate of drug-likeness (QED) is 0.745. The molecule has 0 atom stereocenters. The number of aryl methyl sites for hydroxylation is 1. The van der Waals surface area contributed by atoms with Crippen LogP contribution in [0.1, 0.15) is 56.1 Å². The maximum atomic E-state index is 5.84. The summed E-state index contributed by atoms with van der Waals surface area (Å²) < 4.78 is 5.84. The minimum absolute atomic E-state index is 0.525. The van der Waals surface area contributed by atoms with Crippen LogP contribution in [-0.2, 0) is 4.74 Å². The van der Waals surface area contributed by atoms with E-state index in [-0.39, 0.29) is 0 Å². The van der Waals surface area contributed by atoms with Gasteiger partial charge < -0.3 is 4.74 Å². The van der Waals surface area contributed by atoms with Crippen molar-refractivity contribution in [2.45, 2.75) is 58.0 Å². The molecule has 0 heterocycles. The van der Waals surface area contributed by atoms with E-state index in [1.807, 2.05) is 0 Å². The summed E-state index contributed by atoms with van der Waals surface area (Å²) in [5.41, 5.74) is 2.87. The third-order valence-corrected chi connectivity index (χ3v) is 3.78. The third kappa shape index (κ3) is 3.57. The van der Waals surface area contributed by atoms with E-state index in [1.165, 1.54) is 36.8 Å². The average molecular weight is 232 g/mol. The lowest BCUT2D eigenvalue weighted by Crippen LogP contribution is -2.21. The van der Waals surface area contributed by atoms with Gasteiger partial charge in [-0.1, -0.05) is 36.8 Å². The van der Waals surface area contributed by atoms with E-state index in [4.69, 9.17) is 4.74 Å². The Morgan fingerprint density at radius 1 is 1.06 bits per heavy atom.